The van der Waals surface area contributed by atoms with Gasteiger partial charge in [0.2, 0.25) is 0 Å². The molecule has 0 N–H and O–H groups in total. The molecule has 2 heterocycles. The second-order valence-electron chi connectivity index (χ2n) is 10.3. The molecule has 164 valence electrons. The highest BCUT2D eigenvalue weighted by Gasteiger charge is 2.35. The van der Waals surface area contributed by atoms with E-state index in [1.807, 2.05) is 36.6 Å². The molecule has 0 bridgehead atoms. The van der Waals surface area contributed by atoms with E-state index in [0.29, 0.717) is 23.8 Å². The van der Waals surface area contributed by atoms with Gasteiger partial charge >= 0.3 is 0 Å². The van der Waals surface area contributed by atoms with Gasteiger partial charge in [0.15, 0.2) is 11.6 Å². The molecule has 1 atom stereocenters. The maximum Gasteiger partial charge on any atom is 0.167 e. The van der Waals surface area contributed by atoms with Crippen LogP contribution < -0.4 is 0 Å². The molecule has 0 amide bonds. The molecule has 1 unspecified atom stereocenters. The van der Waals surface area contributed by atoms with Gasteiger partial charge in [-0.2, -0.15) is 0 Å². The highest BCUT2D eigenvalue weighted by atomic mass is 16.1. The summed E-state index contributed by atoms with van der Waals surface area (Å²) in [5, 5.41) is 0. The van der Waals surface area contributed by atoms with Crippen molar-refractivity contribution in [3.8, 4) is 0 Å². The van der Waals surface area contributed by atoms with Crippen LogP contribution in [0.25, 0.3) is 5.65 Å². The summed E-state index contributed by atoms with van der Waals surface area (Å²) in [5.41, 5.74) is 5.10. The van der Waals surface area contributed by atoms with Crippen LogP contribution in [0.2, 0.25) is 0 Å². The molecule has 0 spiro atoms. The number of hydrogen-bond acceptors (Lipinski definition) is 3. The third-order valence-corrected chi connectivity index (χ3v) is 7.01. The third-order valence-electron chi connectivity index (χ3n) is 7.01. The average molecular weight is 427 g/mol. The molecule has 2 aromatic rings. The summed E-state index contributed by atoms with van der Waals surface area (Å²) >= 11 is 0. The van der Waals surface area contributed by atoms with Crippen LogP contribution in [0.3, 0.4) is 0 Å². The Kier molecular flexibility index (Phi) is 5.32. The van der Waals surface area contributed by atoms with Crippen LogP contribution in [0, 0.1) is 17.3 Å². The van der Waals surface area contributed by atoms with Gasteiger partial charge in [0.05, 0.1) is 11.6 Å². The Morgan fingerprint density at radius 2 is 1.97 bits per heavy atom. The van der Waals surface area contributed by atoms with Crippen molar-refractivity contribution >= 4 is 17.2 Å². The predicted octanol–water partition coefficient (Wildman–Crippen LogP) is 5.38. The van der Waals surface area contributed by atoms with E-state index < -0.39 is 0 Å². The van der Waals surface area contributed by atoms with Crippen molar-refractivity contribution in [1.29, 1.82) is 0 Å². The van der Waals surface area contributed by atoms with Crippen LogP contribution in [0.15, 0.2) is 72.1 Å². The Morgan fingerprint density at radius 3 is 2.78 bits per heavy atom. The van der Waals surface area contributed by atoms with Crippen molar-refractivity contribution in [2.75, 3.05) is 0 Å². The van der Waals surface area contributed by atoms with E-state index in [9.17, 15) is 9.59 Å². The monoisotopic (exact) mass is 426 g/mol. The maximum atomic E-state index is 12.7. The second-order valence-corrected chi connectivity index (χ2v) is 10.3. The minimum atomic E-state index is -0.236. The van der Waals surface area contributed by atoms with Gasteiger partial charge in [-0.3, -0.25) is 9.59 Å². The number of Topliss-reactive ketones (excluding diaryl/α,β-unsaturated/α-hetero) is 1. The number of pyridine rings is 1. The highest BCUT2D eigenvalue weighted by molar-refractivity contribution is 6.09. The molecular weight excluding hydrogens is 396 g/mol. The van der Waals surface area contributed by atoms with Crippen molar-refractivity contribution < 1.29 is 9.59 Å². The summed E-state index contributed by atoms with van der Waals surface area (Å²) in [4.78, 5) is 29.8. The number of fused-ring (bicyclic) bond motifs is 2. The summed E-state index contributed by atoms with van der Waals surface area (Å²) in [6.45, 7) is 4.71. The van der Waals surface area contributed by atoms with Gasteiger partial charge in [0, 0.05) is 24.4 Å². The molecule has 2 aromatic heterocycles. The normalized spacial score (nSPS) is 21.8. The number of nitrogens with zero attached hydrogens (tertiary/aromatic N) is 2. The first-order valence-corrected chi connectivity index (χ1v) is 11.7. The molecule has 0 radical (unpaired) electrons. The molecule has 0 saturated heterocycles. The van der Waals surface area contributed by atoms with Gasteiger partial charge in [0.1, 0.15) is 5.65 Å². The van der Waals surface area contributed by atoms with E-state index in [-0.39, 0.29) is 17.5 Å². The lowest BCUT2D eigenvalue weighted by Crippen LogP contribution is -2.31. The number of rotatable bonds is 7. The summed E-state index contributed by atoms with van der Waals surface area (Å²) < 4.78 is 2.08. The highest BCUT2D eigenvalue weighted by Crippen LogP contribution is 2.46. The summed E-state index contributed by atoms with van der Waals surface area (Å²) in [6.07, 6.45) is 21.1. The molecule has 32 heavy (non-hydrogen) atoms. The molecule has 3 aliphatic rings. The molecule has 5 rings (SSSR count). The van der Waals surface area contributed by atoms with E-state index in [1.54, 1.807) is 0 Å². The zero-order valence-electron chi connectivity index (χ0n) is 18.9. The number of ketones is 2. The first-order chi connectivity index (χ1) is 15.4. The Bertz CT molecular complexity index is 1200. The van der Waals surface area contributed by atoms with Gasteiger partial charge in [-0.15, -0.1) is 0 Å². The number of imidazole rings is 1. The SMILES string of the molecule is CC1(C)CC(CCc2ccc3nc(CCC(=O)C4=CC(=O)C5C=CC=CC5=C4)cn3c2)C1. The minimum Gasteiger partial charge on any atom is -0.307 e. The molecule has 0 aromatic carbocycles. The van der Waals surface area contributed by atoms with E-state index >= 15 is 0 Å². The van der Waals surface area contributed by atoms with E-state index in [0.717, 1.165) is 29.3 Å². The number of allylic oxidation sites excluding steroid dienone is 8. The molecule has 3 aliphatic carbocycles. The van der Waals surface area contributed by atoms with Crippen LogP contribution in [0.5, 0.6) is 0 Å². The fraction of sp³-hybridized carbons (Fsp3) is 0.393. The van der Waals surface area contributed by atoms with Gasteiger partial charge in [0.25, 0.3) is 0 Å². The fourth-order valence-electron chi connectivity index (χ4n) is 5.40. The molecule has 0 aliphatic heterocycles. The van der Waals surface area contributed by atoms with Crippen LogP contribution in [0.4, 0.5) is 0 Å². The molecule has 4 nitrogen and oxygen atoms in total. The number of carbonyl (C=O) groups excluding carboxylic acids is 2. The van der Waals surface area contributed by atoms with Crippen LogP contribution in [0.1, 0.15) is 50.8 Å². The Hall–Kier alpha value is -3.01. The molecule has 1 fully saturated rings. The quantitative estimate of drug-likeness (QED) is 0.597. The maximum absolute atomic E-state index is 12.7. The number of hydrogen-bond donors (Lipinski definition) is 0. The van der Waals surface area contributed by atoms with Crippen molar-refractivity contribution in [1.82, 2.24) is 9.38 Å². The Labute approximate surface area is 189 Å². The number of aromatic nitrogens is 2. The zero-order chi connectivity index (χ0) is 22.3. The lowest BCUT2D eigenvalue weighted by Gasteiger charge is -2.42. The van der Waals surface area contributed by atoms with Gasteiger partial charge in [-0.25, -0.2) is 4.98 Å². The van der Waals surface area contributed by atoms with Crippen molar-refractivity contribution in [3.05, 3.63) is 83.4 Å². The number of aryl methyl sites for hydroxylation is 2. The third kappa shape index (κ3) is 4.32. The van der Waals surface area contributed by atoms with Crippen molar-refractivity contribution in [2.24, 2.45) is 17.3 Å². The van der Waals surface area contributed by atoms with Gasteiger partial charge in [-0.1, -0.05) is 44.2 Å². The van der Waals surface area contributed by atoms with Crippen molar-refractivity contribution in [2.45, 2.75) is 52.4 Å². The average Bonchev–Trinajstić information content (AvgIpc) is 3.16. The summed E-state index contributed by atoms with van der Waals surface area (Å²) in [6, 6.07) is 4.25. The molecule has 4 heteroatoms. The first-order valence-electron chi connectivity index (χ1n) is 11.7. The standard InChI is InChI=1S/C28H30N2O2/c1-28(2)15-20(16-28)8-7-19-9-12-27-29-23(18-30(27)17-19)10-11-25(31)22-13-21-5-3-4-6-24(21)26(32)14-22/h3-6,9,12-14,17-18,20,24H,7-8,10-11,15-16H2,1-2H3. The zero-order valence-corrected chi connectivity index (χ0v) is 18.9. The summed E-state index contributed by atoms with van der Waals surface area (Å²) in [7, 11) is 0. The fourth-order valence-corrected chi connectivity index (χ4v) is 5.40. The van der Waals surface area contributed by atoms with E-state index in [4.69, 9.17) is 0 Å². The van der Waals surface area contributed by atoms with Crippen LogP contribution in [-0.2, 0) is 22.4 Å². The first kappa shape index (κ1) is 20.9. The van der Waals surface area contributed by atoms with Crippen LogP contribution in [-0.4, -0.2) is 21.0 Å². The molecule has 1 saturated carbocycles. The largest absolute Gasteiger partial charge is 0.307 e. The second kappa shape index (κ2) is 8.16. The lowest BCUT2D eigenvalue weighted by atomic mass is 9.63. The minimum absolute atomic E-state index is 0.00609. The lowest BCUT2D eigenvalue weighted by molar-refractivity contribution is -0.118. The number of carbonyl (C=O) groups is 2. The van der Waals surface area contributed by atoms with Crippen molar-refractivity contribution in [3.63, 3.8) is 0 Å². The van der Waals surface area contributed by atoms with Gasteiger partial charge in [-0.05, 0) is 72.8 Å². The Balaban J connectivity index is 1.20. The predicted molar refractivity (Wildman–Crippen MR) is 126 cm³/mol. The van der Waals surface area contributed by atoms with Crippen LogP contribution >= 0.6 is 0 Å². The Morgan fingerprint density at radius 1 is 1.12 bits per heavy atom. The smallest absolute Gasteiger partial charge is 0.167 e. The molecular formula is C28H30N2O2. The topological polar surface area (TPSA) is 51.4 Å². The van der Waals surface area contributed by atoms with Gasteiger partial charge < -0.3 is 4.40 Å². The summed E-state index contributed by atoms with van der Waals surface area (Å²) in [5.74, 6) is 0.599. The van der Waals surface area contributed by atoms with E-state index in [2.05, 4.69) is 41.6 Å². The van der Waals surface area contributed by atoms with E-state index in [1.165, 1.54) is 30.9 Å².